The topological polar surface area (TPSA) is 124 Å². The van der Waals surface area contributed by atoms with Crippen LogP contribution >= 0.6 is 11.3 Å². The van der Waals surface area contributed by atoms with Gasteiger partial charge >= 0.3 is 0 Å². The van der Waals surface area contributed by atoms with Crippen LogP contribution in [0.2, 0.25) is 0 Å². The van der Waals surface area contributed by atoms with E-state index in [0.29, 0.717) is 0 Å². The van der Waals surface area contributed by atoms with Crippen LogP contribution in [0.1, 0.15) is 0 Å². The van der Waals surface area contributed by atoms with Crippen LogP contribution in [0.3, 0.4) is 0 Å². The molecule has 0 aliphatic heterocycles. The Hall–Kier alpha value is -1.81. The summed E-state index contributed by atoms with van der Waals surface area (Å²) in [6.07, 6.45) is 4.08. The summed E-state index contributed by atoms with van der Waals surface area (Å²) in [4.78, 5) is 7.49. The molecule has 0 amide bonds. The van der Waals surface area contributed by atoms with Crippen LogP contribution in [0.15, 0.2) is 22.9 Å². The van der Waals surface area contributed by atoms with Gasteiger partial charge < -0.3 is 5.73 Å². The van der Waals surface area contributed by atoms with E-state index in [1.807, 2.05) is 0 Å². The first-order valence-electron chi connectivity index (χ1n) is 3.96. The van der Waals surface area contributed by atoms with Crippen molar-refractivity contribution in [1.82, 2.24) is 20.2 Å². The predicted octanol–water partition coefficient (Wildman–Crippen LogP) is -0.289. The number of nitrogens with two attached hydrogens (primary N) is 1. The van der Waals surface area contributed by atoms with Crippen molar-refractivity contribution >= 4 is 32.3 Å². The van der Waals surface area contributed by atoms with Gasteiger partial charge in [0, 0.05) is 12.4 Å². The third kappa shape index (κ3) is 2.23. The van der Waals surface area contributed by atoms with Crippen molar-refractivity contribution in [2.75, 3.05) is 10.5 Å². The molecule has 10 heteroatoms. The Kier molecular flexibility index (Phi) is 2.66. The third-order valence-electron chi connectivity index (χ3n) is 1.45. The molecular formula is C6H6N6O2S2. The monoisotopic (exact) mass is 258 g/mol. The van der Waals surface area contributed by atoms with Gasteiger partial charge in [-0.2, -0.15) is 8.42 Å². The van der Waals surface area contributed by atoms with Gasteiger partial charge in [0.25, 0.3) is 14.4 Å². The maximum atomic E-state index is 11.7. The maximum absolute atomic E-state index is 11.7. The number of nitrogen functional groups attached to an aromatic ring is 1. The van der Waals surface area contributed by atoms with Gasteiger partial charge in [-0.15, -0.1) is 10.2 Å². The van der Waals surface area contributed by atoms with E-state index < -0.39 is 10.0 Å². The molecule has 0 saturated heterocycles. The molecule has 0 radical (unpaired) electrons. The van der Waals surface area contributed by atoms with E-state index >= 15 is 0 Å². The van der Waals surface area contributed by atoms with Gasteiger partial charge in [0.15, 0.2) is 5.82 Å². The lowest BCUT2D eigenvalue weighted by molar-refractivity contribution is 0.599. The molecule has 2 aromatic rings. The van der Waals surface area contributed by atoms with Gasteiger partial charge in [-0.1, -0.05) is 11.3 Å². The normalized spacial score (nSPS) is 11.2. The lowest BCUT2D eigenvalue weighted by Crippen LogP contribution is -2.13. The zero-order valence-corrected chi connectivity index (χ0v) is 9.36. The van der Waals surface area contributed by atoms with Gasteiger partial charge in [-0.25, -0.2) is 4.98 Å². The lowest BCUT2D eigenvalue weighted by Gasteiger charge is -2.01. The van der Waals surface area contributed by atoms with Crippen LogP contribution < -0.4 is 10.5 Å². The number of hydrogen-bond acceptors (Lipinski definition) is 8. The highest BCUT2D eigenvalue weighted by atomic mass is 32.2. The molecule has 8 nitrogen and oxygen atoms in total. The summed E-state index contributed by atoms with van der Waals surface area (Å²) >= 11 is 0.771. The van der Waals surface area contributed by atoms with Crippen LogP contribution in [0.25, 0.3) is 0 Å². The lowest BCUT2D eigenvalue weighted by atomic mass is 10.7. The van der Waals surface area contributed by atoms with Crippen molar-refractivity contribution in [3.8, 4) is 0 Å². The predicted molar refractivity (Wildman–Crippen MR) is 57.2 cm³/mol. The zero-order chi connectivity index (χ0) is 11.6. The SMILES string of the molecule is Nc1nnc(S(=O)(=O)Nc2cnccn2)s1. The number of aromatic nitrogens is 4. The summed E-state index contributed by atoms with van der Waals surface area (Å²) < 4.78 is 25.4. The largest absolute Gasteiger partial charge is 0.374 e. The molecule has 2 aromatic heterocycles. The smallest absolute Gasteiger partial charge is 0.292 e. The Morgan fingerprint density at radius 1 is 1.31 bits per heavy atom. The van der Waals surface area contributed by atoms with E-state index in [9.17, 15) is 8.42 Å². The fourth-order valence-electron chi connectivity index (χ4n) is 0.862. The molecule has 2 heterocycles. The summed E-state index contributed by atoms with van der Waals surface area (Å²) in [5.74, 6) is 0.108. The van der Waals surface area contributed by atoms with E-state index in [-0.39, 0.29) is 15.3 Å². The van der Waals surface area contributed by atoms with Gasteiger partial charge in [0.2, 0.25) is 5.13 Å². The van der Waals surface area contributed by atoms with Crippen LogP contribution in [0, 0.1) is 0 Å². The highest BCUT2D eigenvalue weighted by molar-refractivity contribution is 7.94. The Labute approximate surface area is 94.6 Å². The van der Waals surface area contributed by atoms with Crippen molar-refractivity contribution in [2.24, 2.45) is 0 Å². The summed E-state index contributed by atoms with van der Waals surface area (Å²) in [6.45, 7) is 0. The van der Waals surface area contributed by atoms with Crippen molar-refractivity contribution in [3.63, 3.8) is 0 Å². The molecule has 3 N–H and O–H groups in total. The molecule has 0 unspecified atom stereocenters. The number of nitrogens with zero attached hydrogens (tertiary/aromatic N) is 4. The second-order valence-electron chi connectivity index (χ2n) is 2.60. The molecule has 0 aliphatic carbocycles. The first-order chi connectivity index (χ1) is 7.58. The minimum absolute atomic E-state index is 0.0829. The minimum atomic E-state index is -3.78. The van der Waals surface area contributed by atoms with Gasteiger partial charge in [-0.3, -0.25) is 9.71 Å². The standard InChI is InChI=1S/C6H6N6O2S2/c7-5-10-11-6(15-5)16(13,14)12-4-3-8-1-2-9-4/h1-3H,(H2,7,10)(H,9,12). The van der Waals surface area contributed by atoms with E-state index in [0.717, 1.165) is 11.3 Å². The molecular weight excluding hydrogens is 252 g/mol. The molecule has 0 aliphatic rings. The van der Waals surface area contributed by atoms with E-state index in [1.165, 1.54) is 18.6 Å². The molecule has 0 fully saturated rings. The fourth-order valence-corrected chi connectivity index (χ4v) is 2.64. The second kappa shape index (κ2) is 3.98. The van der Waals surface area contributed by atoms with E-state index in [1.54, 1.807) is 0 Å². The number of rotatable bonds is 3. The Balaban J connectivity index is 2.28. The number of sulfonamides is 1. The highest BCUT2D eigenvalue weighted by Crippen LogP contribution is 2.18. The van der Waals surface area contributed by atoms with E-state index in [4.69, 9.17) is 5.73 Å². The Bertz CT molecular complexity index is 580. The fraction of sp³-hybridized carbons (Fsp3) is 0. The van der Waals surface area contributed by atoms with Crippen molar-refractivity contribution in [3.05, 3.63) is 18.6 Å². The Morgan fingerprint density at radius 2 is 2.12 bits per heavy atom. The molecule has 0 aromatic carbocycles. The Morgan fingerprint density at radius 3 is 2.69 bits per heavy atom. The molecule has 2 rings (SSSR count). The zero-order valence-electron chi connectivity index (χ0n) is 7.73. The van der Waals surface area contributed by atoms with Crippen molar-refractivity contribution < 1.29 is 8.42 Å². The number of nitrogens with one attached hydrogen (secondary N) is 1. The number of anilines is 2. The van der Waals surface area contributed by atoms with Crippen LogP contribution in [0.5, 0.6) is 0 Å². The molecule has 0 saturated carbocycles. The van der Waals surface area contributed by atoms with Gasteiger partial charge in [-0.05, 0) is 0 Å². The first-order valence-corrected chi connectivity index (χ1v) is 6.26. The molecule has 0 spiro atoms. The third-order valence-corrected chi connectivity index (χ3v) is 3.93. The summed E-state index contributed by atoms with van der Waals surface area (Å²) in [6, 6.07) is 0. The average molecular weight is 258 g/mol. The summed E-state index contributed by atoms with van der Waals surface area (Å²) in [5, 5.41) is 6.93. The van der Waals surface area contributed by atoms with Crippen molar-refractivity contribution in [1.29, 1.82) is 0 Å². The maximum Gasteiger partial charge on any atom is 0.292 e. The summed E-state index contributed by atoms with van der Waals surface area (Å²) in [7, 11) is -3.78. The second-order valence-corrected chi connectivity index (χ2v) is 5.47. The average Bonchev–Trinajstić information content (AvgIpc) is 2.66. The van der Waals surface area contributed by atoms with Crippen LogP contribution in [0.4, 0.5) is 10.9 Å². The number of hydrogen-bond donors (Lipinski definition) is 2. The van der Waals surface area contributed by atoms with Crippen molar-refractivity contribution in [2.45, 2.75) is 4.34 Å². The van der Waals surface area contributed by atoms with Crippen LogP contribution in [-0.2, 0) is 10.0 Å². The molecule has 0 atom stereocenters. The quantitative estimate of drug-likeness (QED) is 0.775. The molecule has 16 heavy (non-hydrogen) atoms. The highest BCUT2D eigenvalue weighted by Gasteiger charge is 2.20. The summed E-state index contributed by atoms with van der Waals surface area (Å²) in [5.41, 5.74) is 5.29. The van der Waals surface area contributed by atoms with Crippen LogP contribution in [-0.4, -0.2) is 28.6 Å². The molecule has 0 bridgehead atoms. The first kappa shape index (κ1) is 10.7. The van der Waals surface area contributed by atoms with E-state index in [2.05, 4.69) is 24.9 Å². The minimum Gasteiger partial charge on any atom is -0.374 e. The molecule has 84 valence electrons. The van der Waals surface area contributed by atoms with Gasteiger partial charge in [0.05, 0.1) is 6.20 Å². The van der Waals surface area contributed by atoms with Gasteiger partial charge in [0.1, 0.15) is 0 Å².